The normalized spacial score (nSPS) is 20.6. The molecule has 1 aliphatic carbocycles. The molecule has 1 saturated carbocycles. The van der Waals surface area contributed by atoms with E-state index in [4.69, 9.17) is 23.2 Å². The molecule has 0 aromatic carbocycles. The van der Waals surface area contributed by atoms with Gasteiger partial charge in [0, 0.05) is 0 Å². The van der Waals surface area contributed by atoms with E-state index in [0.29, 0.717) is 10.4 Å². The van der Waals surface area contributed by atoms with Crippen molar-refractivity contribution in [1.82, 2.24) is 0 Å². The van der Waals surface area contributed by atoms with Gasteiger partial charge in [-0.05, 0) is 18.8 Å². The summed E-state index contributed by atoms with van der Waals surface area (Å²) in [6, 6.07) is 0. The van der Waals surface area contributed by atoms with Crippen molar-refractivity contribution in [3.05, 3.63) is 10.6 Å². The minimum Gasteiger partial charge on any atom is -0.0712 e. The van der Waals surface area contributed by atoms with E-state index in [1.54, 1.807) is 0 Å². The maximum Gasteiger partial charge on any atom is 0.103 e. The molecule has 0 amide bonds. The van der Waals surface area contributed by atoms with Crippen molar-refractivity contribution in [3.8, 4) is 0 Å². The maximum atomic E-state index is 5.54. The van der Waals surface area contributed by atoms with Gasteiger partial charge >= 0.3 is 0 Å². The first-order valence-corrected chi connectivity index (χ1v) is 4.57. The van der Waals surface area contributed by atoms with E-state index in [9.17, 15) is 0 Å². The van der Waals surface area contributed by atoms with Gasteiger partial charge in [-0.25, -0.2) is 0 Å². The molecule has 1 rings (SSSR count). The van der Waals surface area contributed by atoms with Gasteiger partial charge < -0.3 is 0 Å². The number of allylic oxidation sites excluding steroid dienone is 1. The second-order valence-corrected chi connectivity index (χ2v) is 3.86. The van der Waals surface area contributed by atoms with Crippen LogP contribution in [0.1, 0.15) is 32.1 Å². The van der Waals surface area contributed by atoms with Crippen molar-refractivity contribution in [2.45, 2.75) is 32.1 Å². The molecule has 0 nitrogen and oxygen atoms in total. The van der Waals surface area contributed by atoms with Crippen molar-refractivity contribution in [2.75, 3.05) is 0 Å². The van der Waals surface area contributed by atoms with E-state index in [1.165, 1.54) is 32.1 Å². The van der Waals surface area contributed by atoms with Gasteiger partial charge in [0.05, 0.1) is 0 Å². The lowest BCUT2D eigenvalue weighted by atomic mass is 9.90. The van der Waals surface area contributed by atoms with E-state index in [0.717, 1.165) is 0 Å². The molecule has 58 valence electrons. The highest BCUT2D eigenvalue weighted by molar-refractivity contribution is 6.55. The van der Waals surface area contributed by atoms with Crippen LogP contribution >= 0.6 is 23.2 Å². The van der Waals surface area contributed by atoms with Gasteiger partial charge in [0.25, 0.3) is 0 Å². The molecule has 0 heterocycles. The van der Waals surface area contributed by atoms with E-state index >= 15 is 0 Å². The molecule has 1 fully saturated rings. The average Bonchev–Trinajstić information content (AvgIpc) is 1.88. The summed E-state index contributed by atoms with van der Waals surface area (Å²) in [7, 11) is 0. The summed E-state index contributed by atoms with van der Waals surface area (Å²) in [6.07, 6.45) is 8.56. The maximum absolute atomic E-state index is 5.54. The van der Waals surface area contributed by atoms with Gasteiger partial charge in [0.2, 0.25) is 0 Å². The highest BCUT2D eigenvalue weighted by Gasteiger charge is 2.10. The summed E-state index contributed by atoms with van der Waals surface area (Å²) in [5.41, 5.74) is 0. The van der Waals surface area contributed by atoms with Crippen LogP contribution in [0.5, 0.6) is 0 Å². The summed E-state index contributed by atoms with van der Waals surface area (Å²) in [6.45, 7) is 0. The van der Waals surface area contributed by atoms with Gasteiger partial charge in [-0.2, -0.15) is 0 Å². The Balaban J connectivity index is 2.33. The lowest BCUT2D eigenvalue weighted by Crippen LogP contribution is -2.02. The summed E-state index contributed by atoms with van der Waals surface area (Å²) < 4.78 is 0.437. The van der Waals surface area contributed by atoms with E-state index in [1.807, 2.05) is 6.08 Å². The molecule has 0 atom stereocenters. The highest BCUT2D eigenvalue weighted by Crippen LogP contribution is 2.26. The zero-order valence-corrected chi connectivity index (χ0v) is 7.46. The van der Waals surface area contributed by atoms with E-state index in [-0.39, 0.29) is 0 Å². The predicted molar refractivity (Wildman–Crippen MR) is 46.4 cm³/mol. The third-order valence-electron chi connectivity index (χ3n) is 2.01. The Morgan fingerprint density at radius 3 is 2.20 bits per heavy atom. The van der Waals surface area contributed by atoms with Crippen molar-refractivity contribution in [1.29, 1.82) is 0 Å². The van der Waals surface area contributed by atoms with Gasteiger partial charge in [-0.15, -0.1) is 0 Å². The molecule has 0 spiro atoms. The first kappa shape index (κ1) is 8.42. The van der Waals surface area contributed by atoms with Crippen LogP contribution in [-0.4, -0.2) is 0 Å². The number of rotatable bonds is 1. The van der Waals surface area contributed by atoms with Crippen LogP contribution in [0.2, 0.25) is 0 Å². The van der Waals surface area contributed by atoms with Gasteiger partial charge in [-0.1, -0.05) is 48.5 Å². The molecule has 0 radical (unpaired) electrons. The van der Waals surface area contributed by atoms with Crippen LogP contribution < -0.4 is 0 Å². The molecule has 0 N–H and O–H groups in total. The van der Waals surface area contributed by atoms with Gasteiger partial charge in [0.15, 0.2) is 0 Å². The largest absolute Gasteiger partial charge is 0.103 e. The third-order valence-corrected chi connectivity index (χ3v) is 2.26. The zero-order chi connectivity index (χ0) is 7.40. The van der Waals surface area contributed by atoms with Crippen molar-refractivity contribution in [3.63, 3.8) is 0 Å². The number of hydrogen-bond donors (Lipinski definition) is 0. The Bertz CT molecular complexity index is 119. The Morgan fingerprint density at radius 2 is 1.70 bits per heavy atom. The van der Waals surface area contributed by atoms with Crippen LogP contribution in [-0.2, 0) is 0 Å². The molecule has 0 aromatic heterocycles. The van der Waals surface area contributed by atoms with Crippen molar-refractivity contribution >= 4 is 23.2 Å². The fourth-order valence-electron chi connectivity index (χ4n) is 1.48. The van der Waals surface area contributed by atoms with Gasteiger partial charge in [0.1, 0.15) is 4.49 Å². The molecule has 0 bridgehead atoms. The molecule has 0 unspecified atom stereocenters. The standard InChI is InChI=1S/C8H12Cl2/c9-8(10)6-7-4-2-1-3-5-7/h6-7H,1-5H2. The fraction of sp³-hybridized carbons (Fsp3) is 0.750. The smallest absolute Gasteiger partial charge is 0.0712 e. The quantitative estimate of drug-likeness (QED) is 0.572. The number of halogens is 2. The van der Waals surface area contributed by atoms with Crippen LogP contribution in [0.25, 0.3) is 0 Å². The van der Waals surface area contributed by atoms with Crippen LogP contribution in [0.4, 0.5) is 0 Å². The highest BCUT2D eigenvalue weighted by atomic mass is 35.5. The lowest BCUT2D eigenvalue weighted by Gasteiger charge is -2.17. The third kappa shape index (κ3) is 2.94. The molecular formula is C8H12Cl2. The topological polar surface area (TPSA) is 0 Å². The predicted octanol–water partition coefficient (Wildman–Crippen LogP) is 3.89. The fourth-order valence-corrected chi connectivity index (χ4v) is 1.84. The van der Waals surface area contributed by atoms with E-state index in [2.05, 4.69) is 0 Å². The van der Waals surface area contributed by atoms with Crippen LogP contribution in [0, 0.1) is 5.92 Å². The first-order chi connectivity index (χ1) is 4.79. The summed E-state index contributed by atoms with van der Waals surface area (Å²) in [5.74, 6) is 0.652. The summed E-state index contributed by atoms with van der Waals surface area (Å²) in [4.78, 5) is 0. The lowest BCUT2D eigenvalue weighted by molar-refractivity contribution is 0.419. The van der Waals surface area contributed by atoms with Gasteiger partial charge in [-0.3, -0.25) is 0 Å². The molecule has 0 aliphatic heterocycles. The van der Waals surface area contributed by atoms with E-state index < -0.39 is 0 Å². The monoisotopic (exact) mass is 178 g/mol. The summed E-state index contributed by atoms with van der Waals surface area (Å²) >= 11 is 11.1. The minimum atomic E-state index is 0.437. The Morgan fingerprint density at radius 1 is 1.10 bits per heavy atom. The van der Waals surface area contributed by atoms with Crippen LogP contribution in [0.15, 0.2) is 10.6 Å². The molecule has 0 aromatic rings. The molecular weight excluding hydrogens is 167 g/mol. The number of hydrogen-bond acceptors (Lipinski definition) is 0. The Labute approximate surface area is 72.2 Å². The second-order valence-electron chi connectivity index (χ2n) is 2.85. The van der Waals surface area contributed by atoms with Crippen molar-refractivity contribution in [2.24, 2.45) is 5.92 Å². The van der Waals surface area contributed by atoms with Crippen LogP contribution in [0.3, 0.4) is 0 Å². The molecule has 2 heteroatoms. The van der Waals surface area contributed by atoms with Crippen molar-refractivity contribution < 1.29 is 0 Å². The molecule has 10 heavy (non-hydrogen) atoms. The average molecular weight is 179 g/mol. The Hall–Kier alpha value is 0.320. The summed E-state index contributed by atoms with van der Waals surface area (Å²) in [5, 5.41) is 0. The minimum absolute atomic E-state index is 0.437. The first-order valence-electron chi connectivity index (χ1n) is 3.82. The molecule has 1 aliphatic rings. The second kappa shape index (κ2) is 4.25. The molecule has 0 saturated heterocycles. The zero-order valence-electron chi connectivity index (χ0n) is 5.95. The Kier molecular flexibility index (Phi) is 3.58. The SMILES string of the molecule is ClC(Cl)=CC1CCCCC1.